The van der Waals surface area contributed by atoms with Gasteiger partial charge in [-0.15, -0.1) is 0 Å². The summed E-state index contributed by atoms with van der Waals surface area (Å²) in [6, 6.07) is 6.81. The number of nitrogens with zero attached hydrogens (tertiary/aromatic N) is 2. The molecule has 7 nitrogen and oxygen atoms in total. The Balaban J connectivity index is 2.21. The van der Waals surface area contributed by atoms with Crippen LogP contribution in [-0.2, 0) is 9.53 Å². The molecule has 0 aliphatic rings. The fraction of sp³-hybridized carbons (Fsp3) is 0.333. The van der Waals surface area contributed by atoms with Gasteiger partial charge in [-0.05, 0) is 37.4 Å². The Hall–Kier alpha value is -2.61. The summed E-state index contributed by atoms with van der Waals surface area (Å²) < 4.78 is 10.3. The van der Waals surface area contributed by atoms with E-state index >= 15 is 0 Å². The second-order valence-corrected chi connectivity index (χ2v) is 6.34. The van der Waals surface area contributed by atoms with Gasteiger partial charge >= 0.3 is 11.9 Å². The van der Waals surface area contributed by atoms with E-state index in [1.165, 1.54) is 18.0 Å². The topological polar surface area (TPSA) is 90.4 Å². The van der Waals surface area contributed by atoms with Gasteiger partial charge in [0.15, 0.2) is 5.16 Å². The third kappa shape index (κ3) is 5.19. The van der Waals surface area contributed by atoms with E-state index in [1.54, 1.807) is 45.0 Å². The highest BCUT2D eigenvalue weighted by molar-refractivity contribution is 7.98. The molecule has 26 heavy (non-hydrogen) atoms. The standard InChI is InChI=1S/C18H21N3O4S/c1-5-24-17(23)14-10-19-18(26-4)21-15(14)20-12-6-8-13(9-7-12)25-16(22)11(2)3/h6-11H,5H2,1-4H3,(H,19,20,21). The van der Waals surface area contributed by atoms with Crippen LogP contribution in [0, 0.1) is 5.92 Å². The van der Waals surface area contributed by atoms with Gasteiger partial charge in [0, 0.05) is 11.9 Å². The molecule has 0 atom stereocenters. The molecule has 0 aliphatic heterocycles. The SMILES string of the molecule is CCOC(=O)c1cnc(SC)nc1Nc1ccc(OC(=O)C(C)C)cc1. The van der Waals surface area contributed by atoms with E-state index in [2.05, 4.69) is 15.3 Å². The van der Waals surface area contributed by atoms with Gasteiger partial charge in [0.1, 0.15) is 17.1 Å². The van der Waals surface area contributed by atoms with Gasteiger partial charge in [0.05, 0.1) is 12.5 Å². The van der Waals surface area contributed by atoms with Crippen molar-refractivity contribution in [2.75, 3.05) is 18.2 Å². The molecule has 0 radical (unpaired) electrons. The van der Waals surface area contributed by atoms with Gasteiger partial charge in [0.2, 0.25) is 0 Å². The number of carbonyl (C=O) groups is 2. The first-order valence-electron chi connectivity index (χ1n) is 8.11. The number of ether oxygens (including phenoxy) is 2. The first-order chi connectivity index (χ1) is 12.4. The van der Waals surface area contributed by atoms with Crippen molar-refractivity contribution in [2.45, 2.75) is 25.9 Å². The molecule has 0 aliphatic carbocycles. The van der Waals surface area contributed by atoms with Crippen LogP contribution in [0.5, 0.6) is 5.75 Å². The van der Waals surface area contributed by atoms with E-state index in [-0.39, 0.29) is 24.1 Å². The van der Waals surface area contributed by atoms with Crippen LogP contribution in [-0.4, -0.2) is 34.8 Å². The highest BCUT2D eigenvalue weighted by Crippen LogP contribution is 2.24. The van der Waals surface area contributed by atoms with E-state index in [1.807, 2.05) is 6.26 Å². The third-order valence-corrected chi connectivity index (χ3v) is 3.81. The summed E-state index contributed by atoms with van der Waals surface area (Å²) >= 11 is 1.37. The van der Waals surface area contributed by atoms with Gasteiger partial charge in [-0.25, -0.2) is 14.8 Å². The monoisotopic (exact) mass is 375 g/mol. The lowest BCUT2D eigenvalue weighted by Crippen LogP contribution is -2.14. The molecular formula is C18H21N3O4S. The van der Waals surface area contributed by atoms with E-state index in [0.717, 1.165) is 0 Å². The zero-order valence-electron chi connectivity index (χ0n) is 15.1. The van der Waals surface area contributed by atoms with Crippen LogP contribution >= 0.6 is 11.8 Å². The van der Waals surface area contributed by atoms with Crippen LogP contribution in [0.2, 0.25) is 0 Å². The Morgan fingerprint density at radius 2 is 1.92 bits per heavy atom. The quantitative estimate of drug-likeness (QED) is 0.339. The second-order valence-electron chi connectivity index (χ2n) is 5.56. The summed E-state index contributed by atoms with van der Waals surface area (Å²) in [6.07, 6.45) is 3.29. The highest BCUT2D eigenvalue weighted by Gasteiger charge is 2.16. The number of thioether (sulfide) groups is 1. The number of carbonyl (C=O) groups excluding carboxylic acids is 2. The molecule has 0 amide bonds. The first kappa shape index (κ1) is 19.7. The number of rotatable bonds is 7. The minimum Gasteiger partial charge on any atom is -0.462 e. The maximum atomic E-state index is 12.1. The van der Waals surface area contributed by atoms with E-state index < -0.39 is 5.97 Å². The normalized spacial score (nSPS) is 10.5. The van der Waals surface area contributed by atoms with E-state index in [4.69, 9.17) is 9.47 Å². The molecule has 2 rings (SSSR count). The molecule has 0 unspecified atom stereocenters. The van der Waals surface area contributed by atoms with Crippen molar-refractivity contribution in [1.82, 2.24) is 9.97 Å². The highest BCUT2D eigenvalue weighted by atomic mass is 32.2. The fourth-order valence-electron chi connectivity index (χ4n) is 1.89. The van der Waals surface area contributed by atoms with E-state index in [0.29, 0.717) is 22.4 Å². The number of hydrogen-bond acceptors (Lipinski definition) is 8. The lowest BCUT2D eigenvalue weighted by Gasteiger charge is -2.12. The van der Waals surface area contributed by atoms with Crippen molar-refractivity contribution in [3.63, 3.8) is 0 Å². The number of anilines is 2. The lowest BCUT2D eigenvalue weighted by atomic mass is 10.2. The van der Waals surface area contributed by atoms with Gasteiger partial charge in [-0.2, -0.15) is 0 Å². The Bertz CT molecular complexity index is 779. The molecule has 0 saturated carbocycles. The predicted octanol–water partition coefficient (Wildman–Crippen LogP) is 3.68. The summed E-state index contributed by atoms with van der Waals surface area (Å²) in [7, 11) is 0. The molecule has 1 aromatic carbocycles. The van der Waals surface area contributed by atoms with Crippen molar-refractivity contribution in [1.29, 1.82) is 0 Å². The maximum absolute atomic E-state index is 12.1. The zero-order chi connectivity index (χ0) is 19.1. The minimum atomic E-state index is -0.495. The van der Waals surface area contributed by atoms with Crippen molar-refractivity contribution in [3.05, 3.63) is 36.0 Å². The van der Waals surface area contributed by atoms with Crippen LogP contribution in [0.1, 0.15) is 31.1 Å². The Labute approximate surface area is 156 Å². The third-order valence-electron chi connectivity index (χ3n) is 3.25. The van der Waals surface area contributed by atoms with E-state index in [9.17, 15) is 9.59 Å². The number of benzene rings is 1. The average Bonchev–Trinajstić information content (AvgIpc) is 2.63. The molecule has 0 bridgehead atoms. The first-order valence-corrected chi connectivity index (χ1v) is 9.34. The van der Waals surface area contributed by atoms with Crippen molar-refractivity contribution in [3.8, 4) is 5.75 Å². The Morgan fingerprint density at radius 1 is 1.23 bits per heavy atom. The maximum Gasteiger partial charge on any atom is 0.343 e. The van der Waals surface area contributed by atoms with Crippen LogP contribution in [0.25, 0.3) is 0 Å². The number of hydrogen-bond donors (Lipinski definition) is 1. The summed E-state index contributed by atoms with van der Waals surface area (Å²) in [5, 5.41) is 3.61. The largest absolute Gasteiger partial charge is 0.462 e. The summed E-state index contributed by atoms with van der Waals surface area (Å²) in [4.78, 5) is 32.2. The van der Waals surface area contributed by atoms with Gasteiger partial charge in [-0.1, -0.05) is 25.6 Å². The average molecular weight is 375 g/mol. The predicted molar refractivity (Wildman–Crippen MR) is 100.0 cm³/mol. The summed E-state index contributed by atoms with van der Waals surface area (Å²) in [5.74, 6) is -0.186. The van der Waals surface area contributed by atoms with Gasteiger partial charge < -0.3 is 14.8 Å². The van der Waals surface area contributed by atoms with Crippen LogP contribution in [0.15, 0.2) is 35.6 Å². The molecule has 2 aromatic rings. The fourth-order valence-corrected chi connectivity index (χ4v) is 2.24. The summed E-state index contributed by atoms with van der Waals surface area (Å²) in [6.45, 7) is 5.54. The van der Waals surface area contributed by atoms with Crippen molar-refractivity contribution in [2.24, 2.45) is 5.92 Å². The molecule has 1 aromatic heterocycles. The molecule has 1 heterocycles. The zero-order valence-corrected chi connectivity index (χ0v) is 15.9. The Kier molecular flexibility index (Phi) is 6.97. The number of aromatic nitrogens is 2. The molecule has 138 valence electrons. The van der Waals surface area contributed by atoms with Crippen molar-refractivity contribution < 1.29 is 19.1 Å². The molecule has 0 fully saturated rings. The Morgan fingerprint density at radius 3 is 2.50 bits per heavy atom. The van der Waals surface area contributed by atoms with Gasteiger partial charge in [-0.3, -0.25) is 4.79 Å². The van der Waals surface area contributed by atoms with Crippen LogP contribution in [0.3, 0.4) is 0 Å². The molecule has 0 saturated heterocycles. The number of nitrogens with one attached hydrogen (secondary N) is 1. The molecule has 0 spiro atoms. The molecule has 1 N–H and O–H groups in total. The van der Waals surface area contributed by atoms with Gasteiger partial charge in [0.25, 0.3) is 0 Å². The van der Waals surface area contributed by atoms with Crippen molar-refractivity contribution >= 4 is 35.2 Å². The molecular weight excluding hydrogens is 354 g/mol. The number of esters is 2. The lowest BCUT2D eigenvalue weighted by molar-refractivity contribution is -0.137. The second kappa shape index (κ2) is 9.19. The minimum absolute atomic E-state index is 0.203. The summed E-state index contributed by atoms with van der Waals surface area (Å²) in [5.41, 5.74) is 0.936. The molecule has 8 heteroatoms. The van der Waals surface area contributed by atoms with Crippen LogP contribution < -0.4 is 10.1 Å². The smallest absolute Gasteiger partial charge is 0.343 e. The van der Waals surface area contributed by atoms with Crippen LogP contribution in [0.4, 0.5) is 11.5 Å².